The van der Waals surface area contributed by atoms with Crippen molar-refractivity contribution in [3.05, 3.63) is 18.2 Å². The topological polar surface area (TPSA) is 91.0 Å². The van der Waals surface area contributed by atoms with Gasteiger partial charge in [0.2, 0.25) is 0 Å². The first-order valence-electron chi connectivity index (χ1n) is 6.21. The van der Waals surface area contributed by atoms with Crippen molar-refractivity contribution in [2.45, 2.75) is 38.1 Å². The van der Waals surface area contributed by atoms with E-state index in [4.69, 9.17) is 14.8 Å². The zero-order valence-corrected chi connectivity index (χ0v) is 10.3. The van der Waals surface area contributed by atoms with E-state index in [2.05, 4.69) is 22.2 Å². The quantitative estimate of drug-likeness (QED) is 0.875. The lowest BCUT2D eigenvalue weighted by Crippen LogP contribution is -2.42. The number of nitrogens with zero attached hydrogens (tertiary/aromatic N) is 3. The molecule has 18 heavy (non-hydrogen) atoms. The van der Waals surface area contributed by atoms with Crippen molar-refractivity contribution >= 4 is 0 Å². The molecule has 0 radical (unpaired) electrons. The molecule has 0 aliphatic heterocycles. The van der Waals surface area contributed by atoms with Crippen molar-refractivity contribution in [1.29, 1.82) is 0 Å². The van der Waals surface area contributed by atoms with Crippen molar-refractivity contribution < 1.29 is 9.05 Å². The number of rotatable bonds is 2. The van der Waals surface area contributed by atoms with Crippen molar-refractivity contribution in [2.24, 2.45) is 11.7 Å². The third-order valence-electron chi connectivity index (χ3n) is 3.56. The average molecular weight is 248 g/mol. The highest BCUT2D eigenvalue weighted by atomic mass is 16.5. The lowest BCUT2D eigenvalue weighted by molar-refractivity contribution is 0.222. The highest BCUT2D eigenvalue weighted by Gasteiger charge is 2.37. The molecule has 2 heterocycles. The van der Waals surface area contributed by atoms with Gasteiger partial charge in [0, 0.05) is 6.07 Å². The van der Waals surface area contributed by atoms with Crippen molar-refractivity contribution in [1.82, 2.24) is 15.3 Å². The van der Waals surface area contributed by atoms with Crippen LogP contribution in [0.25, 0.3) is 11.6 Å². The summed E-state index contributed by atoms with van der Waals surface area (Å²) in [6, 6.07) is 1.68. The molecule has 3 rings (SSSR count). The summed E-state index contributed by atoms with van der Waals surface area (Å²) >= 11 is 0. The molecule has 0 amide bonds. The molecule has 0 bridgehead atoms. The molecular weight excluding hydrogens is 232 g/mol. The van der Waals surface area contributed by atoms with E-state index in [9.17, 15) is 0 Å². The maximum Gasteiger partial charge on any atom is 0.280 e. The normalized spacial score (nSPS) is 28.4. The second-order valence-corrected chi connectivity index (χ2v) is 5.17. The van der Waals surface area contributed by atoms with E-state index < -0.39 is 5.54 Å². The summed E-state index contributed by atoms with van der Waals surface area (Å²) in [5, 5.41) is 7.78. The minimum Gasteiger partial charge on any atom is -0.364 e. The third-order valence-corrected chi connectivity index (χ3v) is 3.56. The van der Waals surface area contributed by atoms with E-state index in [1.165, 1.54) is 12.7 Å². The molecule has 2 atom stereocenters. The molecule has 96 valence electrons. The minimum atomic E-state index is -0.469. The van der Waals surface area contributed by atoms with Gasteiger partial charge < -0.3 is 14.8 Å². The Morgan fingerprint density at radius 1 is 1.44 bits per heavy atom. The smallest absolute Gasteiger partial charge is 0.280 e. The van der Waals surface area contributed by atoms with Crippen LogP contribution in [0.4, 0.5) is 0 Å². The molecule has 0 aromatic carbocycles. The summed E-state index contributed by atoms with van der Waals surface area (Å²) in [5.41, 5.74) is 6.48. The third kappa shape index (κ3) is 1.92. The van der Waals surface area contributed by atoms with Crippen LogP contribution >= 0.6 is 0 Å². The summed E-state index contributed by atoms with van der Waals surface area (Å²) in [4.78, 5) is 4.36. The van der Waals surface area contributed by atoms with Gasteiger partial charge in [0.15, 0.2) is 11.5 Å². The fourth-order valence-electron chi connectivity index (χ4n) is 2.65. The molecule has 2 N–H and O–H groups in total. The van der Waals surface area contributed by atoms with E-state index in [1.54, 1.807) is 6.07 Å². The first-order chi connectivity index (χ1) is 8.67. The van der Waals surface area contributed by atoms with Crippen LogP contribution in [0.3, 0.4) is 0 Å². The highest BCUT2D eigenvalue weighted by Crippen LogP contribution is 2.36. The van der Waals surface area contributed by atoms with Gasteiger partial charge in [0.05, 0.1) is 5.54 Å². The van der Waals surface area contributed by atoms with Crippen LogP contribution in [0.15, 0.2) is 21.4 Å². The largest absolute Gasteiger partial charge is 0.364 e. The number of aromatic nitrogens is 3. The Morgan fingerprint density at radius 3 is 3.06 bits per heavy atom. The van der Waals surface area contributed by atoms with Gasteiger partial charge in [0.25, 0.3) is 5.89 Å². The molecule has 0 spiro atoms. The Bertz CT molecular complexity index is 522. The summed E-state index contributed by atoms with van der Waals surface area (Å²) in [6.45, 7) is 2.21. The zero-order chi connectivity index (χ0) is 12.6. The molecule has 1 fully saturated rings. The van der Waals surface area contributed by atoms with Gasteiger partial charge in [-0.05, 0) is 18.8 Å². The molecule has 2 unspecified atom stereocenters. The fraction of sp³-hybridized carbons (Fsp3) is 0.583. The lowest BCUT2D eigenvalue weighted by Gasteiger charge is -2.33. The summed E-state index contributed by atoms with van der Waals surface area (Å²) < 4.78 is 9.96. The fourth-order valence-corrected chi connectivity index (χ4v) is 2.65. The van der Waals surface area contributed by atoms with E-state index in [-0.39, 0.29) is 0 Å². The molecule has 2 aromatic rings. The lowest BCUT2D eigenvalue weighted by atomic mass is 9.76. The standard InChI is InChI=1S/C12H16N4O2/c1-8-3-2-5-12(13,7-8)11-14-10(18-16-11)9-4-6-17-15-9/h4,6,8H,2-3,5,7,13H2,1H3. The van der Waals surface area contributed by atoms with Crippen molar-refractivity contribution in [2.75, 3.05) is 0 Å². The number of hydrogen-bond acceptors (Lipinski definition) is 6. The van der Waals surface area contributed by atoms with Crippen LogP contribution in [-0.4, -0.2) is 15.3 Å². The molecule has 6 nitrogen and oxygen atoms in total. The van der Waals surface area contributed by atoms with Crippen LogP contribution in [0, 0.1) is 5.92 Å². The number of nitrogens with two attached hydrogens (primary N) is 1. The van der Waals surface area contributed by atoms with Crippen LogP contribution in [0.1, 0.15) is 38.4 Å². The first-order valence-corrected chi connectivity index (χ1v) is 6.21. The van der Waals surface area contributed by atoms with Crippen LogP contribution < -0.4 is 5.73 Å². The Hall–Kier alpha value is -1.69. The van der Waals surface area contributed by atoms with Gasteiger partial charge >= 0.3 is 0 Å². The monoisotopic (exact) mass is 248 g/mol. The van der Waals surface area contributed by atoms with E-state index >= 15 is 0 Å². The second-order valence-electron chi connectivity index (χ2n) is 5.17. The number of hydrogen-bond donors (Lipinski definition) is 1. The zero-order valence-electron chi connectivity index (χ0n) is 10.3. The molecule has 0 saturated heterocycles. The van der Waals surface area contributed by atoms with Crippen molar-refractivity contribution in [3.8, 4) is 11.6 Å². The summed E-state index contributed by atoms with van der Waals surface area (Å²) in [5.74, 6) is 1.53. The maximum absolute atomic E-state index is 6.41. The summed E-state index contributed by atoms with van der Waals surface area (Å²) in [7, 11) is 0. The van der Waals surface area contributed by atoms with Crippen LogP contribution in [0.2, 0.25) is 0 Å². The first kappa shape index (κ1) is 11.4. The Balaban J connectivity index is 1.88. The van der Waals surface area contributed by atoms with E-state index in [0.717, 1.165) is 19.3 Å². The van der Waals surface area contributed by atoms with Gasteiger partial charge in [-0.25, -0.2) is 0 Å². The van der Waals surface area contributed by atoms with Gasteiger partial charge in [-0.2, -0.15) is 4.98 Å². The molecule has 1 aliphatic carbocycles. The highest BCUT2D eigenvalue weighted by molar-refractivity contribution is 5.44. The predicted octanol–water partition coefficient (Wildman–Crippen LogP) is 2.09. The Labute approximate surface area is 105 Å². The van der Waals surface area contributed by atoms with Crippen molar-refractivity contribution in [3.63, 3.8) is 0 Å². The van der Waals surface area contributed by atoms with Gasteiger partial charge in [-0.15, -0.1) is 0 Å². The minimum absolute atomic E-state index is 0.363. The predicted molar refractivity (Wildman–Crippen MR) is 63.3 cm³/mol. The van der Waals surface area contributed by atoms with Crippen LogP contribution in [-0.2, 0) is 5.54 Å². The molecule has 6 heteroatoms. The SMILES string of the molecule is CC1CCCC(N)(c2noc(-c3ccon3)n2)C1. The van der Waals surface area contributed by atoms with Gasteiger partial charge in [-0.1, -0.05) is 30.1 Å². The van der Waals surface area contributed by atoms with Gasteiger partial charge in [-0.3, -0.25) is 0 Å². The van der Waals surface area contributed by atoms with Gasteiger partial charge in [0.1, 0.15) is 6.26 Å². The second kappa shape index (κ2) is 4.20. The van der Waals surface area contributed by atoms with E-state index in [0.29, 0.717) is 23.3 Å². The van der Waals surface area contributed by atoms with E-state index in [1.807, 2.05) is 0 Å². The summed E-state index contributed by atoms with van der Waals surface area (Å²) in [6.07, 6.45) is 5.58. The molecular formula is C12H16N4O2. The Morgan fingerprint density at radius 2 is 2.33 bits per heavy atom. The molecule has 1 aliphatic rings. The molecule has 2 aromatic heterocycles. The molecule has 1 saturated carbocycles. The Kier molecular flexibility index (Phi) is 2.66. The average Bonchev–Trinajstić information content (AvgIpc) is 3.00. The maximum atomic E-state index is 6.41. The van der Waals surface area contributed by atoms with Crippen LogP contribution in [0.5, 0.6) is 0 Å².